The van der Waals surface area contributed by atoms with Crippen LogP contribution in [0.25, 0.3) is 33.0 Å². The first-order chi connectivity index (χ1) is 17.0. The summed E-state index contributed by atoms with van der Waals surface area (Å²) in [5.74, 6) is -1.40. The Morgan fingerprint density at radius 1 is 0.800 bits per heavy atom. The third-order valence-corrected chi connectivity index (χ3v) is 6.20. The number of hydrogen-bond acceptors (Lipinski definition) is 1. The number of rotatable bonds is 10. The van der Waals surface area contributed by atoms with Gasteiger partial charge in [-0.3, -0.25) is 0 Å². The maximum Gasteiger partial charge on any atom is 0.138 e. The lowest BCUT2D eigenvalue weighted by atomic mass is 9.95. The van der Waals surface area contributed by atoms with Crippen molar-refractivity contribution in [2.75, 3.05) is 6.61 Å². The lowest BCUT2D eigenvalue weighted by Crippen LogP contribution is -1.96. The van der Waals surface area contributed by atoms with Crippen molar-refractivity contribution in [3.05, 3.63) is 102 Å². The SMILES string of the molecule is C=CCOc1ccc(-c2c(F)cc(-c3ccc4cc(CCCCCC)ccc4c3F)cc2F)cc1. The van der Waals surface area contributed by atoms with Crippen LogP contribution in [0.4, 0.5) is 13.2 Å². The van der Waals surface area contributed by atoms with Gasteiger partial charge in [0.25, 0.3) is 0 Å². The highest BCUT2D eigenvalue weighted by Gasteiger charge is 2.17. The molecule has 1 nitrogen and oxygen atoms in total. The van der Waals surface area contributed by atoms with E-state index in [1.54, 1.807) is 42.5 Å². The Morgan fingerprint density at radius 3 is 2.23 bits per heavy atom. The fourth-order valence-electron chi connectivity index (χ4n) is 4.35. The number of benzene rings is 4. The number of hydrogen-bond donors (Lipinski definition) is 0. The van der Waals surface area contributed by atoms with Gasteiger partial charge in [-0.15, -0.1) is 0 Å². The largest absolute Gasteiger partial charge is 0.490 e. The van der Waals surface area contributed by atoms with Crippen molar-refractivity contribution in [3.8, 4) is 28.0 Å². The molecule has 0 unspecified atom stereocenters. The Bertz CT molecular complexity index is 1300. The summed E-state index contributed by atoms with van der Waals surface area (Å²) in [4.78, 5) is 0. The van der Waals surface area contributed by atoms with E-state index in [0.717, 1.165) is 18.2 Å². The number of fused-ring (bicyclic) bond motifs is 1. The molecule has 4 heteroatoms. The molecule has 0 aliphatic rings. The summed E-state index contributed by atoms with van der Waals surface area (Å²) in [5, 5.41) is 1.23. The summed E-state index contributed by atoms with van der Waals surface area (Å²) in [6.45, 7) is 6.11. The molecule has 0 bridgehead atoms. The summed E-state index contributed by atoms with van der Waals surface area (Å²) in [5.41, 5.74) is 1.73. The van der Waals surface area contributed by atoms with E-state index in [1.807, 2.05) is 18.2 Å². The quantitative estimate of drug-likeness (QED) is 0.164. The monoisotopic (exact) mass is 474 g/mol. The van der Waals surface area contributed by atoms with E-state index in [-0.39, 0.29) is 16.7 Å². The predicted octanol–water partition coefficient (Wildman–Crippen LogP) is 9.28. The van der Waals surface area contributed by atoms with Crippen LogP contribution in [-0.2, 0) is 6.42 Å². The zero-order chi connectivity index (χ0) is 24.8. The number of ether oxygens (including phenoxy) is 1. The summed E-state index contributed by atoms with van der Waals surface area (Å²) in [6.07, 6.45) is 7.26. The Hall–Kier alpha value is -3.53. The van der Waals surface area contributed by atoms with E-state index < -0.39 is 17.5 Å². The first-order valence-electron chi connectivity index (χ1n) is 12.1. The highest BCUT2D eigenvalue weighted by Crippen LogP contribution is 2.35. The normalized spacial score (nSPS) is 11.1. The van der Waals surface area contributed by atoms with Crippen LogP contribution in [0.3, 0.4) is 0 Å². The van der Waals surface area contributed by atoms with E-state index >= 15 is 13.2 Å². The molecule has 4 aromatic carbocycles. The fraction of sp³-hybridized carbons (Fsp3) is 0.226. The minimum absolute atomic E-state index is 0.155. The van der Waals surface area contributed by atoms with Gasteiger partial charge in [0.2, 0.25) is 0 Å². The topological polar surface area (TPSA) is 9.23 Å². The van der Waals surface area contributed by atoms with Crippen LogP contribution in [0, 0.1) is 17.5 Å². The highest BCUT2D eigenvalue weighted by atomic mass is 19.1. The molecule has 4 aromatic rings. The van der Waals surface area contributed by atoms with E-state index in [0.29, 0.717) is 23.3 Å². The second kappa shape index (κ2) is 11.3. The molecule has 4 rings (SSSR count). The Labute approximate surface area is 204 Å². The molecule has 0 N–H and O–H groups in total. The third-order valence-electron chi connectivity index (χ3n) is 6.20. The zero-order valence-corrected chi connectivity index (χ0v) is 19.9. The average molecular weight is 475 g/mol. The molecule has 0 aromatic heterocycles. The van der Waals surface area contributed by atoms with Gasteiger partial charge in [-0.05, 0) is 59.2 Å². The van der Waals surface area contributed by atoms with Crippen molar-refractivity contribution in [1.82, 2.24) is 0 Å². The maximum atomic E-state index is 15.4. The molecule has 0 spiro atoms. The van der Waals surface area contributed by atoms with E-state index in [2.05, 4.69) is 13.5 Å². The fourth-order valence-corrected chi connectivity index (χ4v) is 4.35. The first kappa shape index (κ1) is 24.6. The number of halogens is 3. The minimum atomic E-state index is -0.748. The van der Waals surface area contributed by atoms with Gasteiger partial charge in [0.15, 0.2) is 0 Å². The van der Waals surface area contributed by atoms with Crippen molar-refractivity contribution < 1.29 is 17.9 Å². The highest BCUT2D eigenvalue weighted by molar-refractivity contribution is 5.89. The van der Waals surface area contributed by atoms with Crippen LogP contribution in [0.1, 0.15) is 38.2 Å². The molecule has 0 fully saturated rings. The van der Waals surface area contributed by atoms with Crippen LogP contribution >= 0.6 is 0 Å². The molecule has 35 heavy (non-hydrogen) atoms. The summed E-state index contributed by atoms with van der Waals surface area (Å²) < 4.78 is 50.9. The molecule has 0 saturated heterocycles. The Morgan fingerprint density at radius 2 is 1.54 bits per heavy atom. The summed E-state index contributed by atoms with van der Waals surface area (Å²) in [6, 6.07) is 18.0. The van der Waals surface area contributed by atoms with E-state index in [9.17, 15) is 0 Å². The predicted molar refractivity (Wildman–Crippen MR) is 138 cm³/mol. The van der Waals surface area contributed by atoms with Crippen molar-refractivity contribution in [1.29, 1.82) is 0 Å². The Balaban J connectivity index is 1.62. The molecule has 0 heterocycles. The Kier molecular flexibility index (Phi) is 7.91. The minimum Gasteiger partial charge on any atom is -0.490 e. The van der Waals surface area contributed by atoms with Gasteiger partial charge < -0.3 is 4.74 Å². The smallest absolute Gasteiger partial charge is 0.138 e. The van der Waals surface area contributed by atoms with E-state index in [4.69, 9.17) is 4.74 Å². The standard InChI is InChI=1S/C31H29F3O/c1-3-5-6-7-8-21-9-15-26-23(18-21)12-16-27(31(26)34)24-19-28(32)30(29(33)20-24)22-10-13-25(14-11-22)35-17-4-2/h4,9-16,18-20H,2-3,5-8,17H2,1H3. The average Bonchev–Trinajstić information content (AvgIpc) is 2.86. The van der Waals surface area contributed by atoms with Gasteiger partial charge in [0.05, 0.1) is 5.56 Å². The summed E-state index contributed by atoms with van der Waals surface area (Å²) >= 11 is 0. The van der Waals surface area contributed by atoms with Crippen molar-refractivity contribution in [2.24, 2.45) is 0 Å². The van der Waals surface area contributed by atoms with E-state index in [1.165, 1.54) is 37.0 Å². The van der Waals surface area contributed by atoms with Gasteiger partial charge >= 0.3 is 0 Å². The van der Waals surface area contributed by atoms with Crippen molar-refractivity contribution in [2.45, 2.75) is 39.0 Å². The van der Waals surface area contributed by atoms with Crippen LogP contribution in [0.2, 0.25) is 0 Å². The number of unbranched alkanes of at least 4 members (excludes halogenated alkanes) is 3. The van der Waals surface area contributed by atoms with Crippen molar-refractivity contribution in [3.63, 3.8) is 0 Å². The molecule has 0 aliphatic heterocycles. The van der Waals surface area contributed by atoms with Gasteiger partial charge in [0, 0.05) is 10.9 Å². The van der Waals surface area contributed by atoms with Crippen LogP contribution in [-0.4, -0.2) is 6.61 Å². The molecular formula is C31H29F3O. The molecule has 180 valence electrons. The molecule has 0 saturated carbocycles. The summed E-state index contributed by atoms with van der Waals surface area (Å²) in [7, 11) is 0. The van der Waals surface area contributed by atoms with Crippen LogP contribution < -0.4 is 4.74 Å². The lowest BCUT2D eigenvalue weighted by molar-refractivity contribution is 0.363. The maximum absolute atomic E-state index is 15.4. The van der Waals surface area contributed by atoms with Crippen LogP contribution in [0.5, 0.6) is 5.75 Å². The lowest BCUT2D eigenvalue weighted by Gasteiger charge is -2.12. The second-order valence-corrected chi connectivity index (χ2v) is 8.73. The number of aryl methyl sites for hydroxylation is 1. The van der Waals surface area contributed by atoms with Crippen LogP contribution in [0.15, 0.2) is 79.4 Å². The van der Waals surface area contributed by atoms with Gasteiger partial charge in [-0.25, -0.2) is 13.2 Å². The van der Waals surface area contributed by atoms with Gasteiger partial charge in [-0.1, -0.05) is 81.3 Å². The molecular weight excluding hydrogens is 445 g/mol. The van der Waals surface area contributed by atoms with Crippen molar-refractivity contribution >= 4 is 10.8 Å². The first-order valence-corrected chi connectivity index (χ1v) is 12.1. The second-order valence-electron chi connectivity index (χ2n) is 8.73. The van der Waals surface area contributed by atoms with Gasteiger partial charge in [0.1, 0.15) is 29.8 Å². The third kappa shape index (κ3) is 5.59. The molecule has 0 aliphatic carbocycles. The molecule has 0 atom stereocenters. The zero-order valence-electron chi connectivity index (χ0n) is 19.9. The molecule has 0 radical (unpaired) electrons. The molecule has 0 amide bonds. The van der Waals surface area contributed by atoms with Gasteiger partial charge in [-0.2, -0.15) is 0 Å².